The maximum Gasteiger partial charge on any atom is 0.251 e. The topological polar surface area (TPSA) is 134 Å². The van der Waals surface area contributed by atoms with Crippen molar-refractivity contribution in [1.29, 1.82) is 5.26 Å². The minimum Gasteiger partial charge on any atom is -0.341 e. The molecular formula is C24H24N6O2. The van der Waals surface area contributed by atoms with Gasteiger partial charge in [-0.25, -0.2) is 0 Å². The second-order valence-electron chi connectivity index (χ2n) is 7.17. The summed E-state index contributed by atoms with van der Waals surface area (Å²) < 4.78 is 0. The molecule has 0 unspecified atom stereocenters. The molecule has 162 valence electrons. The average molecular weight is 428 g/mol. The molecule has 0 aliphatic rings. The summed E-state index contributed by atoms with van der Waals surface area (Å²) >= 11 is 0. The van der Waals surface area contributed by atoms with Gasteiger partial charge in [-0.2, -0.15) is 15.5 Å². The van der Waals surface area contributed by atoms with Gasteiger partial charge in [-0.3, -0.25) is 9.59 Å². The van der Waals surface area contributed by atoms with E-state index in [1.807, 2.05) is 48.5 Å². The molecule has 0 fully saturated rings. The van der Waals surface area contributed by atoms with E-state index in [-0.39, 0.29) is 18.9 Å². The predicted molar refractivity (Wildman–Crippen MR) is 120 cm³/mol. The highest BCUT2D eigenvalue weighted by Gasteiger charge is 2.22. The summed E-state index contributed by atoms with van der Waals surface area (Å²) in [7, 11) is 0. The number of rotatable bonds is 9. The lowest BCUT2D eigenvalue weighted by molar-refractivity contribution is -0.122. The molecule has 3 aromatic rings. The molecule has 0 aliphatic heterocycles. The van der Waals surface area contributed by atoms with Crippen LogP contribution in [0.1, 0.15) is 21.5 Å². The van der Waals surface area contributed by atoms with E-state index in [1.54, 1.807) is 24.5 Å². The Bertz CT molecular complexity index is 1090. The Hall–Kier alpha value is -4.09. The molecule has 0 bridgehead atoms. The number of carbonyl (C=O) groups is 2. The number of nitriles is 1. The second kappa shape index (κ2) is 11.3. The number of nitrogens with one attached hydrogen (secondary N) is 2. The molecule has 1 aromatic heterocycles. The van der Waals surface area contributed by atoms with Crippen LogP contribution >= 0.6 is 0 Å². The van der Waals surface area contributed by atoms with E-state index < -0.39 is 11.9 Å². The first-order valence-electron chi connectivity index (χ1n) is 10.2. The Kier molecular flexibility index (Phi) is 8.01. The van der Waals surface area contributed by atoms with Crippen LogP contribution in [-0.2, 0) is 17.6 Å². The highest BCUT2D eigenvalue weighted by atomic mass is 16.2. The van der Waals surface area contributed by atoms with E-state index in [2.05, 4.69) is 20.8 Å². The van der Waals surface area contributed by atoms with E-state index in [4.69, 9.17) is 11.0 Å². The Morgan fingerprint density at radius 1 is 1.03 bits per heavy atom. The molecule has 0 saturated carbocycles. The standard InChI is InChI=1S/C24H24N6O2/c25-10-8-17-4-6-19(7-5-17)23(31)30-22(24(32)27-13-11-26)15-18-2-1-3-20(14-18)21-9-12-28-29-16-21/h1-7,9,12,14,16,22H,8,10,13,15,25H2,(H,27,32)(H,30,31)/t22-/m0/s1. The van der Waals surface area contributed by atoms with Crippen molar-refractivity contribution in [3.63, 3.8) is 0 Å². The van der Waals surface area contributed by atoms with Crippen molar-refractivity contribution in [3.8, 4) is 17.2 Å². The first kappa shape index (κ1) is 22.6. The Morgan fingerprint density at radius 3 is 2.53 bits per heavy atom. The fraction of sp³-hybridized carbons (Fsp3) is 0.208. The van der Waals surface area contributed by atoms with Gasteiger partial charge in [-0.1, -0.05) is 36.4 Å². The summed E-state index contributed by atoms with van der Waals surface area (Å²) in [5.41, 5.74) is 9.73. The monoisotopic (exact) mass is 428 g/mol. The lowest BCUT2D eigenvalue weighted by atomic mass is 9.99. The minimum absolute atomic E-state index is 0.137. The predicted octanol–water partition coefficient (Wildman–Crippen LogP) is 1.63. The zero-order chi connectivity index (χ0) is 22.8. The summed E-state index contributed by atoms with van der Waals surface area (Å²) in [6, 6.07) is 17.6. The molecule has 2 amide bonds. The summed E-state index contributed by atoms with van der Waals surface area (Å²) in [5, 5.41) is 21.8. The van der Waals surface area contributed by atoms with Crippen molar-refractivity contribution in [2.45, 2.75) is 18.9 Å². The van der Waals surface area contributed by atoms with E-state index in [0.29, 0.717) is 12.1 Å². The van der Waals surface area contributed by atoms with Crippen LogP contribution in [0.5, 0.6) is 0 Å². The summed E-state index contributed by atoms with van der Waals surface area (Å²) in [6.07, 6.45) is 4.26. The largest absolute Gasteiger partial charge is 0.341 e. The van der Waals surface area contributed by atoms with Gasteiger partial charge in [0, 0.05) is 17.5 Å². The fourth-order valence-electron chi connectivity index (χ4n) is 3.27. The maximum absolute atomic E-state index is 12.8. The number of benzene rings is 2. The fourth-order valence-corrected chi connectivity index (χ4v) is 3.27. The average Bonchev–Trinajstić information content (AvgIpc) is 2.83. The van der Waals surface area contributed by atoms with Crippen LogP contribution < -0.4 is 16.4 Å². The van der Waals surface area contributed by atoms with E-state index in [1.165, 1.54) is 0 Å². The van der Waals surface area contributed by atoms with Crippen LogP contribution in [-0.4, -0.2) is 41.1 Å². The minimum atomic E-state index is -0.842. The normalized spacial score (nSPS) is 11.2. The lowest BCUT2D eigenvalue weighted by Crippen LogP contribution is -2.48. The third-order valence-electron chi connectivity index (χ3n) is 4.90. The van der Waals surface area contributed by atoms with Crippen molar-refractivity contribution in [2.24, 2.45) is 5.73 Å². The van der Waals surface area contributed by atoms with Gasteiger partial charge in [-0.15, -0.1) is 0 Å². The molecule has 0 radical (unpaired) electrons. The number of carbonyl (C=O) groups excluding carboxylic acids is 2. The molecule has 2 aromatic carbocycles. The van der Waals surface area contributed by atoms with Gasteiger partial charge in [0.25, 0.3) is 5.91 Å². The van der Waals surface area contributed by atoms with Gasteiger partial charge in [0.2, 0.25) is 5.91 Å². The molecular weight excluding hydrogens is 404 g/mol. The Balaban J connectivity index is 1.78. The molecule has 8 heteroatoms. The van der Waals surface area contributed by atoms with E-state index >= 15 is 0 Å². The Morgan fingerprint density at radius 2 is 1.84 bits per heavy atom. The Labute approximate surface area is 186 Å². The van der Waals surface area contributed by atoms with E-state index in [0.717, 1.165) is 28.7 Å². The van der Waals surface area contributed by atoms with Crippen LogP contribution in [0.15, 0.2) is 67.0 Å². The van der Waals surface area contributed by atoms with Crippen molar-refractivity contribution in [2.75, 3.05) is 13.1 Å². The van der Waals surface area contributed by atoms with Gasteiger partial charge < -0.3 is 16.4 Å². The maximum atomic E-state index is 12.8. The number of amides is 2. The van der Waals surface area contributed by atoms with Crippen LogP contribution in [0.4, 0.5) is 0 Å². The third kappa shape index (κ3) is 6.20. The van der Waals surface area contributed by atoms with Crippen LogP contribution in [0.3, 0.4) is 0 Å². The lowest BCUT2D eigenvalue weighted by Gasteiger charge is -2.18. The number of aromatic nitrogens is 2. The van der Waals surface area contributed by atoms with Crippen molar-refractivity contribution < 1.29 is 9.59 Å². The van der Waals surface area contributed by atoms with Crippen molar-refractivity contribution >= 4 is 11.8 Å². The second-order valence-corrected chi connectivity index (χ2v) is 7.17. The van der Waals surface area contributed by atoms with Gasteiger partial charge in [-0.05, 0) is 47.9 Å². The quantitative estimate of drug-likeness (QED) is 0.444. The number of hydrogen-bond acceptors (Lipinski definition) is 6. The highest BCUT2D eigenvalue weighted by molar-refractivity contribution is 5.97. The molecule has 8 nitrogen and oxygen atoms in total. The zero-order valence-electron chi connectivity index (χ0n) is 17.5. The van der Waals surface area contributed by atoms with Gasteiger partial charge >= 0.3 is 0 Å². The van der Waals surface area contributed by atoms with Gasteiger partial charge in [0.15, 0.2) is 0 Å². The highest BCUT2D eigenvalue weighted by Crippen LogP contribution is 2.19. The molecule has 4 N–H and O–H groups in total. The number of hydrogen-bond donors (Lipinski definition) is 3. The zero-order valence-corrected chi connectivity index (χ0v) is 17.5. The first-order valence-corrected chi connectivity index (χ1v) is 10.2. The summed E-state index contributed by atoms with van der Waals surface area (Å²) in [4.78, 5) is 25.4. The van der Waals surface area contributed by atoms with E-state index in [9.17, 15) is 9.59 Å². The van der Waals surface area contributed by atoms with Gasteiger partial charge in [0.05, 0.1) is 18.5 Å². The molecule has 0 saturated heterocycles. The molecule has 1 heterocycles. The third-order valence-corrected chi connectivity index (χ3v) is 4.90. The van der Waals surface area contributed by atoms with Gasteiger partial charge in [0.1, 0.15) is 12.6 Å². The molecule has 0 aliphatic carbocycles. The first-order chi connectivity index (χ1) is 15.6. The van der Waals surface area contributed by atoms with Crippen LogP contribution in [0.25, 0.3) is 11.1 Å². The van der Waals surface area contributed by atoms with Crippen LogP contribution in [0.2, 0.25) is 0 Å². The number of nitrogens with zero attached hydrogens (tertiary/aromatic N) is 3. The molecule has 3 rings (SSSR count). The molecule has 1 atom stereocenters. The van der Waals surface area contributed by atoms with Crippen molar-refractivity contribution in [3.05, 3.63) is 83.7 Å². The number of nitrogens with two attached hydrogens (primary N) is 1. The molecule has 32 heavy (non-hydrogen) atoms. The smallest absolute Gasteiger partial charge is 0.251 e. The summed E-state index contributed by atoms with van der Waals surface area (Å²) in [5.74, 6) is -0.786. The summed E-state index contributed by atoms with van der Waals surface area (Å²) in [6.45, 7) is 0.392. The SMILES string of the molecule is N#CCNC(=O)[C@H](Cc1cccc(-c2ccnnc2)c1)NC(=O)c1ccc(CCN)cc1. The van der Waals surface area contributed by atoms with Crippen molar-refractivity contribution in [1.82, 2.24) is 20.8 Å². The van der Waals surface area contributed by atoms with Crippen LogP contribution in [0, 0.1) is 11.3 Å². The molecule has 0 spiro atoms.